The summed E-state index contributed by atoms with van der Waals surface area (Å²) in [7, 11) is -1.88. The smallest absolute Gasteiger partial charge is 0.253 e. The first kappa shape index (κ1) is 23.3. The van der Waals surface area contributed by atoms with Gasteiger partial charge in [0.1, 0.15) is 16.1 Å². The highest BCUT2D eigenvalue weighted by Crippen LogP contribution is 2.29. The van der Waals surface area contributed by atoms with Crippen molar-refractivity contribution >= 4 is 27.3 Å². The topological polar surface area (TPSA) is 81.8 Å². The van der Waals surface area contributed by atoms with Crippen LogP contribution < -0.4 is 10.9 Å². The Morgan fingerprint density at radius 3 is 2.75 bits per heavy atom. The lowest BCUT2D eigenvalue weighted by molar-refractivity contribution is -0.133. The fourth-order valence-corrected chi connectivity index (χ4v) is 7.24. The van der Waals surface area contributed by atoms with Crippen molar-refractivity contribution in [2.75, 3.05) is 20.1 Å². The van der Waals surface area contributed by atoms with E-state index < -0.39 is 16.1 Å². The molecule has 3 heterocycles. The van der Waals surface area contributed by atoms with Crippen molar-refractivity contribution in [3.8, 4) is 0 Å². The van der Waals surface area contributed by atoms with Crippen LogP contribution in [-0.2, 0) is 14.8 Å². The molecular weight excluding hydrogens is 451 g/mol. The molecule has 2 fully saturated rings. The van der Waals surface area contributed by atoms with Crippen LogP contribution in [0.3, 0.4) is 0 Å². The molecule has 1 aromatic heterocycles. The quantitative estimate of drug-likeness (QED) is 0.607. The van der Waals surface area contributed by atoms with Gasteiger partial charge >= 0.3 is 0 Å². The largest absolute Gasteiger partial charge is 0.344 e. The second kappa shape index (κ2) is 9.96. The molecule has 32 heavy (non-hydrogen) atoms. The Morgan fingerprint density at radius 2 is 2.03 bits per heavy atom. The zero-order valence-corrected chi connectivity index (χ0v) is 19.7. The van der Waals surface area contributed by atoms with Crippen LogP contribution in [-0.4, -0.2) is 55.8 Å². The molecule has 1 aromatic carbocycles. The Hall–Kier alpha value is -1.85. The number of carbonyl (C=O) groups is 1. The van der Waals surface area contributed by atoms with Gasteiger partial charge in [-0.2, -0.15) is 4.31 Å². The van der Waals surface area contributed by atoms with E-state index in [9.17, 15) is 17.6 Å². The number of hydrogen-bond acceptors (Lipinski definition) is 6. The van der Waals surface area contributed by atoms with Gasteiger partial charge in [0.25, 0.3) is 10.0 Å². The van der Waals surface area contributed by atoms with E-state index in [1.165, 1.54) is 27.8 Å². The summed E-state index contributed by atoms with van der Waals surface area (Å²) in [5, 5.41) is 1.73. The van der Waals surface area contributed by atoms with Crippen molar-refractivity contribution in [3.63, 3.8) is 0 Å². The first-order valence-electron chi connectivity index (χ1n) is 10.9. The van der Waals surface area contributed by atoms with Crippen LogP contribution >= 0.6 is 11.3 Å². The lowest BCUT2D eigenvalue weighted by Crippen LogP contribution is -2.46. The molecule has 7 nitrogen and oxygen atoms in total. The second-order valence-corrected chi connectivity index (χ2v) is 11.5. The van der Waals surface area contributed by atoms with Crippen LogP contribution in [0.2, 0.25) is 0 Å². The SMILES string of the molecule is CN(CCCC1CC(c2ccc(F)cc2)NN1)C(=O)C1CCCN1S(=O)(=O)c1cccs1. The third-order valence-electron chi connectivity index (χ3n) is 6.22. The summed E-state index contributed by atoms with van der Waals surface area (Å²) in [4.78, 5) is 14.7. The summed E-state index contributed by atoms with van der Waals surface area (Å²) in [6.07, 6.45) is 3.82. The molecule has 2 saturated heterocycles. The number of thiophene rings is 1. The summed E-state index contributed by atoms with van der Waals surface area (Å²) < 4.78 is 40.6. The summed E-state index contributed by atoms with van der Waals surface area (Å²) in [6, 6.07) is 9.59. The molecule has 10 heteroatoms. The Bertz CT molecular complexity index is 1010. The van der Waals surface area contributed by atoms with Gasteiger partial charge in [0.15, 0.2) is 0 Å². The van der Waals surface area contributed by atoms with E-state index in [2.05, 4.69) is 10.9 Å². The molecule has 0 saturated carbocycles. The second-order valence-electron chi connectivity index (χ2n) is 8.43. The van der Waals surface area contributed by atoms with E-state index in [1.807, 2.05) is 0 Å². The van der Waals surface area contributed by atoms with E-state index in [1.54, 1.807) is 41.6 Å². The molecule has 2 aliphatic rings. The Kier molecular flexibility index (Phi) is 7.26. The molecule has 0 spiro atoms. The number of sulfonamides is 1. The normalized spacial score (nSPS) is 24.1. The van der Waals surface area contributed by atoms with Crippen LogP contribution in [0.25, 0.3) is 0 Å². The summed E-state index contributed by atoms with van der Waals surface area (Å²) >= 11 is 1.18. The predicted molar refractivity (Wildman–Crippen MR) is 122 cm³/mol. The molecule has 2 aliphatic heterocycles. The third-order valence-corrected chi connectivity index (χ3v) is 9.50. The van der Waals surface area contributed by atoms with Crippen molar-refractivity contribution in [2.45, 2.75) is 54.4 Å². The zero-order valence-electron chi connectivity index (χ0n) is 18.0. The van der Waals surface area contributed by atoms with Gasteiger partial charge in [-0.05, 0) is 61.2 Å². The average molecular weight is 481 g/mol. The molecule has 3 atom stereocenters. The number of hydrazine groups is 1. The minimum absolute atomic E-state index is 0.134. The van der Waals surface area contributed by atoms with Crippen LogP contribution in [0.4, 0.5) is 4.39 Å². The molecule has 4 rings (SSSR count). The minimum Gasteiger partial charge on any atom is -0.344 e. The summed E-state index contributed by atoms with van der Waals surface area (Å²) in [6.45, 7) is 0.953. The van der Waals surface area contributed by atoms with Crippen molar-refractivity contribution < 1.29 is 17.6 Å². The first-order chi connectivity index (χ1) is 15.4. The van der Waals surface area contributed by atoms with Gasteiger partial charge in [-0.3, -0.25) is 15.6 Å². The molecular formula is C22H29FN4O3S2. The zero-order chi connectivity index (χ0) is 22.7. The minimum atomic E-state index is -3.63. The first-order valence-corrected chi connectivity index (χ1v) is 13.2. The number of carbonyl (C=O) groups excluding carboxylic acids is 1. The van der Waals surface area contributed by atoms with E-state index in [4.69, 9.17) is 0 Å². The Balaban J connectivity index is 1.26. The van der Waals surface area contributed by atoms with E-state index in [0.717, 1.165) is 24.8 Å². The average Bonchev–Trinajstić information content (AvgIpc) is 3.55. The predicted octanol–water partition coefficient (Wildman–Crippen LogP) is 2.89. The van der Waals surface area contributed by atoms with Gasteiger partial charge in [-0.1, -0.05) is 18.2 Å². The maximum absolute atomic E-state index is 13.1. The van der Waals surface area contributed by atoms with Gasteiger partial charge in [-0.15, -0.1) is 11.3 Å². The monoisotopic (exact) mass is 480 g/mol. The number of likely N-dealkylation sites (N-methyl/N-ethyl adjacent to an activating group) is 1. The maximum atomic E-state index is 13.1. The molecule has 1 amide bonds. The maximum Gasteiger partial charge on any atom is 0.253 e. The molecule has 2 N–H and O–H groups in total. The summed E-state index contributed by atoms with van der Waals surface area (Å²) in [5.74, 6) is -0.377. The van der Waals surface area contributed by atoms with E-state index >= 15 is 0 Å². The van der Waals surface area contributed by atoms with Crippen LogP contribution in [0.1, 0.15) is 43.7 Å². The van der Waals surface area contributed by atoms with Gasteiger partial charge in [-0.25, -0.2) is 12.8 Å². The van der Waals surface area contributed by atoms with Crippen LogP contribution in [0.5, 0.6) is 0 Å². The molecule has 0 aliphatic carbocycles. The van der Waals surface area contributed by atoms with Crippen molar-refractivity contribution in [1.29, 1.82) is 0 Å². The molecule has 0 bridgehead atoms. The standard InChI is InChI=1S/C22H29FN4O3S2/c1-26(12-2-5-18-15-19(25-24-18)16-8-10-17(23)11-9-16)22(28)20-6-3-13-27(20)32(29,30)21-7-4-14-31-21/h4,7-11,14,18-20,24-25H,2-3,5-6,12-13,15H2,1H3. The summed E-state index contributed by atoms with van der Waals surface area (Å²) in [5.41, 5.74) is 7.59. The van der Waals surface area contributed by atoms with Gasteiger partial charge in [0.2, 0.25) is 5.91 Å². The lowest BCUT2D eigenvalue weighted by atomic mass is 9.99. The van der Waals surface area contributed by atoms with E-state index in [-0.39, 0.29) is 28.0 Å². The Morgan fingerprint density at radius 1 is 1.25 bits per heavy atom. The molecule has 174 valence electrons. The third kappa shape index (κ3) is 5.04. The number of amides is 1. The number of nitrogens with one attached hydrogen (secondary N) is 2. The van der Waals surface area contributed by atoms with Crippen LogP contribution in [0, 0.1) is 5.82 Å². The van der Waals surface area contributed by atoms with Gasteiger partial charge in [0.05, 0.1) is 0 Å². The Labute approximate surface area is 192 Å². The molecule has 0 radical (unpaired) electrons. The van der Waals surface area contributed by atoms with Crippen molar-refractivity contribution in [2.24, 2.45) is 0 Å². The van der Waals surface area contributed by atoms with E-state index in [0.29, 0.717) is 25.9 Å². The number of benzene rings is 1. The number of rotatable bonds is 8. The van der Waals surface area contributed by atoms with Gasteiger partial charge in [0, 0.05) is 32.2 Å². The lowest BCUT2D eigenvalue weighted by Gasteiger charge is -2.27. The highest BCUT2D eigenvalue weighted by atomic mass is 32.2. The highest BCUT2D eigenvalue weighted by Gasteiger charge is 2.40. The molecule has 3 unspecified atom stereocenters. The van der Waals surface area contributed by atoms with Gasteiger partial charge < -0.3 is 4.90 Å². The fraction of sp³-hybridized carbons (Fsp3) is 0.500. The molecule has 2 aromatic rings. The number of halogens is 1. The van der Waals surface area contributed by atoms with Crippen molar-refractivity contribution in [1.82, 2.24) is 20.1 Å². The highest BCUT2D eigenvalue weighted by molar-refractivity contribution is 7.91. The fourth-order valence-electron chi connectivity index (χ4n) is 4.47. The van der Waals surface area contributed by atoms with Crippen LogP contribution in [0.15, 0.2) is 46.0 Å². The number of hydrogen-bond donors (Lipinski definition) is 2. The number of nitrogens with zero attached hydrogens (tertiary/aromatic N) is 2. The van der Waals surface area contributed by atoms with Crippen molar-refractivity contribution in [3.05, 3.63) is 53.2 Å².